The van der Waals surface area contributed by atoms with E-state index in [-0.39, 0.29) is 0 Å². The Bertz CT molecular complexity index is 216. The Morgan fingerprint density at radius 3 is 2.45 bits per heavy atom. The number of nitrogens with zero attached hydrogens (tertiary/aromatic N) is 3. The van der Waals surface area contributed by atoms with Crippen molar-refractivity contribution in [3.05, 3.63) is 11.4 Å². The molecule has 0 aliphatic carbocycles. The molecular formula is C7H14N4. The lowest BCUT2D eigenvalue weighted by atomic mass is 10.2. The number of hydrogen-bond acceptors (Lipinski definition) is 3. The molecule has 4 heteroatoms. The quantitative estimate of drug-likeness (QED) is 0.686. The molecule has 0 amide bonds. The van der Waals surface area contributed by atoms with Crippen LogP contribution >= 0.6 is 0 Å². The van der Waals surface area contributed by atoms with Gasteiger partial charge in [0, 0.05) is 6.54 Å². The normalized spacial score (nSPS) is 10.9. The Hall–Kier alpha value is -0.900. The van der Waals surface area contributed by atoms with Gasteiger partial charge in [-0.1, -0.05) is 6.92 Å². The summed E-state index contributed by atoms with van der Waals surface area (Å²) in [5.41, 5.74) is 2.12. The summed E-state index contributed by atoms with van der Waals surface area (Å²) in [4.78, 5) is 2.08. The fraction of sp³-hybridized carbons (Fsp3) is 0.714. The molecule has 1 aromatic heterocycles. The number of H-pyrrole nitrogens is 1. The van der Waals surface area contributed by atoms with Crippen molar-refractivity contribution in [2.24, 2.45) is 0 Å². The second-order valence-electron chi connectivity index (χ2n) is 2.81. The van der Waals surface area contributed by atoms with E-state index in [9.17, 15) is 0 Å². The highest BCUT2D eigenvalue weighted by Gasteiger charge is 2.05. The minimum atomic E-state index is 0.861. The van der Waals surface area contributed by atoms with Crippen LogP contribution in [-0.2, 0) is 13.0 Å². The molecule has 1 rings (SSSR count). The van der Waals surface area contributed by atoms with E-state index < -0.39 is 0 Å². The van der Waals surface area contributed by atoms with Gasteiger partial charge in [-0.3, -0.25) is 0 Å². The Kier molecular flexibility index (Phi) is 2.59. The third-order valence-electron chi connectivity index (χ3n) is 1.50. The molecule has 0 saturated heterocycles. The molecule has 0 fully saturated rings. The Morgan fingerprint density at radius 1 is 1.27 bits per heavy atom. The zero-order valence-electron chi connectivity index (χ0n) is 7.26. The molecule has 0 bridgehead atoms. The summed E-state index contributed by atoms with van der Waals surface area (Å²) >= 11 is 0. The summed E-state index contributed by atoms with van der Waals surface area (Å²) in [7, 11) is 4.04. The lowest BCUT2D eigenvalue weighted by Gasteiger charge is -2.06. The number of nitrogens with one attached hydrogen (secondary N) is 1. The Morgan fingerprint density at radius 2 is 1.91 bits per heavy atom. The van der Waals surface area contributed by atoms with Gasteiger partial charge >= 0.3 is 0 Å². The summed E-state index contributed by atoms with van der Waals surface area (Å²) in [6.07, 6.45) is 0.944. The van der Waals surface area contributed by atoms with E-state index >= 15 is 0 Å². The van der Waals surface area contributed by atoms with E-state index in [1.165, 1.54) is 0 Å². The van der Waals surface area contributed by atoms with Crippen LogP contribution in [0.5, 0.6) is 0 Å². The van der Waals surface area contributed by atoms with Crippen LogP contribution in [0.15, 0.2) is 0 Å². The molecule has 0 aromatic carbocycles. The van der Waals surface area contributed by atoms with E-state index in [0.29, 0.717) is 0 Å². The third kappa shape index (κ3) is 2.01. The lowest BCUT2D eigenvalue weighted by molar-refractivity contribution is 0.395. The minimum Gasteiger partial charge on any atom is -0.303 e. The number of aromatic amines is 1. The van der Waals surface area contributed by atoms with Gasteiger partial charge in [-0.05, 0) is 20.5 Å². The summed E-state index contributed by atoms with van der Waals surface area (Å²) in [5.74, 6) is 0. The van der Waals surface area contributed by atoms with Crippen molar-refractivity contribution in [3.8, 4) is 0 Å². The van der Waals surface area contributed by atoms with E-state index in [1.807, 2.05) is 14.1 Å². The van der Waals surface area contributed by atoms with Gasteiger partial charge in [0.25, 0.3) is 0 Å². The first-order valence-corrected chi connectivity index (χ1v) is 3.77. The van der Waals surface area contributed by atoms with Gasteiger partial charge in [-0.25, -0.2) is 0 Å². The van der Waals surface area contributed by atoms with Gasteiger partial charge in [-0.2, -0.15) is 15.4 Å². The molecule has 1 N–H and O–H groups in total. The predicted octanol–water partition coefficient (Wildman–Crippen LogP) is 0.429. The van der Waals surface area contributed by atoms with Gasteiger partial charge < -0.3 is 4.90 Å². The van der Waals surface area contributed by atoms with Crippen LogP contribution in [0, 0.1) is 0 Å². The molecule has 4 nitrogen and oxygen atoms in total. The molecule has 0 atom stereocenters. The first kappa shape index (κ1) is 8.20. The van der Waals surface area contributed by atoms with Crippen molar-refractivity contribution in [1.29, 1.82) is 0 Å². The van der Waals surface area contributed by atoms with Gasteiger partial charge in [-0.15, -0.1) is 0 Å². The maximum atomic E-state index is 4.05. The van der Waals surface area contributed by atoms with E-state index in [0.717, 1.165) is 24.4 Å². The van der Waals surface area contributed by atoms with Crippen molar-refractivity contribution in [2.45, 2.75) is 19.9 Å². The molecule has 0 aliphatic heterocycles. The molecular weight excluding hydrogens is 140 g/mol. The van der Waals surface area contributed by atoms with Gasteiger partial charge in [0.15, 0.2) is 0 Å². The molecule has 0 saturated carbocycles. The minimum absolute atomic E-state index is 0.861. The van der Waals surface area contributed by atoms with E-state index in [4.69, 9.17) is 0 Å². The Balaban J connectivity index is 2.68. The highest BCUT2D eigenvalue weighted by atomic mass is 15.3. The van der Waals surface area contributed by atoms with Crippen LogP contribution in [-0.4, -0.2) is 34.4 Å². The summed E-state index contributed by atoms with van der Waals surface area (Å²) < 4.78 is 0. The van der Waals surface area contributed by atoms with Crippen molar-refractivity contribution in [2.75, 3.05) is 14.1 Å². The number of hydrogen-bond donors (Lipinski definition) is 1. The average Bonchev–Trinajstić information content (AvgIpc) is 2.34. The van der Waals surface area contributed by atoms with Crippen LogP contribution in [0.25, 0.3) is 0 Å². The first-order valence-electron chi connectivity index (χ1n) is 3.77. The lowest BCUT2D eigenvalue weighted by Crippen LogP contribution is -2.12. The van der Waals surface area contributed by atoms with Crippen LogP contribution in [0.4, 0.5) is 0 Å². The zero-order valence-corrected chi connectivity index (χ0v) is 7.26. The number of aromatic nitrogens is 3. The number of aryl methyl sites for hydroxylation is 1. The molecule has 11 heavy (non-hydrogen) atoms. The van der Waals surface area contributed by atoms with Crippen LogP contribution in [0.1, 0.15) is 18.3 Å². The fourth-order valence-corrected chi connectivity index (χ4v) is 0.984. The number of rotatable bonds is 3. The third-order valence-corrected chi connectivity index (χ3v) is 1.50. The van der Waals surface area contributed by atoms with E-state index in [1.54, 1.807) is 0 Å². The van der Waals surface area contributed by atoms with Gasteiger partial charge in [0.1, 0.15) is 0 Å². The van der Waals surface area contributed by atoms with Crippen LogP contribution in [0.3, 0.4) is 0 Å². The van der Waals surface area contributed by atoms with Crippen molar-refractivity contribution in [3.63, 3.8) is 0 Å². The monoisotopic (exact) mass is 154 g/mol. The zero-order chi connectivity index (χ0) is 8.27. The van der Waals surface area contributed by atoms with Crippen molar-refractivity contribution < 1.29 is 0 Å². The second-order valence-corrected chi connectivity index (χ2v) is 2.81. The largest absolute Gasteiger partial charge is 0.303 e. The molecule has 0 spiro atoms. The maximum absolute atomic E-state index is 4.05. The second kappa shape index (κ2) is 3.48. The Labute approximate surface area is 66.6 Å². The van der Waals surface area contributed by atoms with Crippen LogP contribution in [0.2, 0.25) is 0 Å². The summed E-state index contributed by atoms with van der Waals surface area (Å²) in [6.45, 7) is 2.94. The van der Waals surface area contributed by atoms with E-state index in [2.05, 4.69) is 27.2 Å². The maximum Gasteiger partial charge on any atom is 0.0996 e. The van der Waals surface area contributed by atoms with Crippen molar-refractivity contribution in [1.82, 2.24) is 20.3 Å². The van der Waals surface area contributed by atoms with Gasteiger partial charge in [0.05, 0.1) is 11.4 Å². The standard InChI is InChI=1S/C7H14N4/c1-4-6-7(5-11(2)3)9-10-8-6/h4-5H2,1-3H3,(H,8,9,10). The molecule has 1 heterocycles. The molecule has 0 unspecified atom stereocenters. The summed E-state index contributed by atoms with van der Waals surface area (Å²) in [5, 5.41) is 10.7. The first-order chi connectivity index (χ1) is 5.24. The smallest absolute Gasteiger partial charge is 0.0996 e. The van der Waals surface area contributed by atoms with Crippen LogP contribution < -0.4 is 0 Å². The predicted molar refractivity (Wildman–Crippen MR) is 43.2 cm³/mol. The molecule has 1 aromatic rings. The highest BCUT2D eigenvalue weighted by Crippen LogP contribution is 2.02. The molecule has 62 valence electrons. The van der Waals surface area contributed by atoms with Crippen molar-refractivity contribution >= 4 is 0 Å². The fourth-order valence-electron chi connectivity index (χ4n) is 0.984. The SMILES string of the molecule is CCc1n[nH]nc1CN(C)C. The molecule has 0 aliphatic rings. The van der Waals surface area contributed by atoms with Gasteiger partial charge in [0.2, 0.25) is 0 Å². The summed E-state index contributed by atoms with van der Waals surface area (Å²) in [6, 6.07) is 0. The average molecular weight is 154 g/mol. The topological polar surface area (TPSA) is 44.8 Å². The molecule has 0 radical (unpaired) electrons. The highest BCUT2D eigenvalue weighted by molar-refractivity contribution is 5.07.